The van der Waals surface area contributed by atoms with Crippen LogP contribution in [0.1, 0.15) is 158 Å². The fourth-order valence-corrected chi connectivity index (χ4v) is 13.7. The average molecular weight is 1220 g/mol. The molecular formula is C87H88N6. The van der Waals surface area contributed by atoms with E-state index in [9.17, 15) is 0 Å². The van der Waals surface area contributed by atoms with E-state index >= 15 is 0 Å². The summed E-state index contributed by atoms with van der Waals surface area (Å²) in [6.45, 7) is 42.0. The minimum absolute atomic E-state index is 0.0841. The van der Waals surface area contributed by atoms with E-state index in [0.29, 0.717) is 17.5 Å². The first-order valence-corrected chi connectivity index (χ1v) is 33.3. The van der Waals surface area contributed by atoms with Crippen molar-refractivity contribution in [2.24, 2.45) is 0 Å². The monoisotopic (exact) mass is 1220 g/mol. The molecule has 93 heavy (non-hydrogen) atoms. The van der Waals surface area contributed by atoms with Crippen LogP contribution in [0.15, 0.2) is 206 Å². The molecule has 10 aromatic carbocycles. The lowest BCUT2D eigenvalue weighted by Crippen LogP contribution is -2.12. The Morgan fingerprint density at radius 2 is 0.441 bits per heavy atom. The van der Waals surface area contributed by atoms with E-state index in [0.717, 1.165) is 78.0 Å². The second kappa shape index (κ2) is 21.6. The molecule has 0 aliphatic carbocycles. The first kappa shape index (κ1) is 61.1. The SMILES string of the molecule is CC(C)(C)c1ccc2c(c1)c1cc(C(C)(C)C)ccc1n2-c1cc(-c2ccc(-c3nc(-c4ccccc4)nc(-c4ccccc4)n3)cc2)cc(-n2c3ccc(C(C)(C)C)cc3c3cc(C(C)(C)C)ccc32)c1-n1c2ccc(C(C)(C)C)cc2c2cc(C(C)(C)C)ccc21. The Kier molecular flexibility index (Phi) is 14.2. The summed E-state index contributed by atoms with van der Waals surface area (Å²) in [7, 11) is 0. The van der Waals surface area contributed by atoms with Crippen molar-refractivity contribution in [1.29, 1.82) is 0 Å². The van der Waals surface area contributed by atoms with Gasteiger partial charge in [-0.15, -0.1) is 0 Å². The van der Waals surface area contributed by atoms with Crippen LogP contribution in [0.4, 0.5) is 0 Å². The highest BCUT2D eigenvalue weighted by Gasteiger charge is 2.31. The van der Waals surface area contributed by atoms with Gasteiger partial charge in [-0.2, -0.15) is 0 Å². The number of hydrogen-bond acceptors (Lipinski definition) is 3. The van der Waals surface area contributed by atoms with Gasteiger partial charge >= 0.3 is 0 Å². The van der Waals surface area contributed by atoms with Gasteiger partial charge in [0.1, 0.15) is 0 Å². The van der Waals surface area contributed by atoms with E-state index in [1.165, 1.54) is 65.7 Å². The lowest BCUT2D eigenvalue weighted by molar-refractivity contribution is 0.590. The van der Waals surface area contributed by atoms with Crippen LogP contribution in [0, 0.1) is 0 Å². The normalized spacial score (nSPS) is 13.1. The van der Waals surface area contributed by atoms with Crippen molar-refractivity contribution in [3.8, 4) is 62.4 Å². The quantitative estimate of drug-likeness (QED) is 0.160. The number of hydrogen-bond donors (Lipinski definition) is 0. The summed E-state index contributed by atoms with van der Waals surface area (Å²) < 4.78 is 7.84. The molecule has 0 radical (unpaired) electrons. The molecular weight excluding hydrogens is 1130 g/mol. The van der Waals surface area contributed by atoms with Crippen LogP contribution in [0.5, 0.6) is 0 Å². The van der Waals surface area contributed by atoms with Crippen molar-refractivity contribution in [1.82, 2.24) is 28.7 Å². The third kappa shape index (κ3) is 10.8. The Balaban J connectivity index is 1.16. The van der Waals surface area contributed by atoms with E-state index in [4.69, 9.17) is 15.0 Å². The number of nitrogens with zero attached hydrogens (tertiary/aromatic N) is 6. The van der Waals surface area contributed by atoms with Gasteiger partial charge in [-0.1, -0.05) is 246 Å². The molecule has 0 atom stereocenters. The molecule has 6 nitrogen and oxygen atoms in total. The largest absolute Gasteiger partial charge is 0.307 e. The highest BCUT2D eigenvalue weighted by atomic mass is 15.1. The second-order valence-electron chi connectivity index (χ2n) is 32.4. The minimum Gasteiger partial charge on any atom is -0.307 e. The zero-order valence-electron chi connectivity index (χ0n) is 57.8. The molecule has 0 aliphatic heterocycles. The van der Waals surface area contributed by atoms with E-state index in [-0.39, 0.29) is 32.5 Å². The van der Waals surface area contributed by atoms with Crippen molar-refractivity contribution >= 4 is 65.4 Å². The predicted molar refractivity (Wildman–Crippen MR) is 397 cm³/mol. The Bertz CT molecular complexity index is 4830. The summed E-state index contributed by atoms with van der Waals surface area (Å²) in [6.07, 6.45) is 0. The maximum Gasteiger partial charge on any atom is 0.164 e. The molecule has 466 valence electrons. The van der Waals surface area contributed by atoms with Gasteiger partial charge in [0.15, 0.2) is 17.5 Å². The highest BCUT2D eigenvalue weighted by molar-refractivity contribution is 6.15. The van der Waals surface area contributed by atoms with Crippen LogP contribution in [-0.4, -0.2) is 28.7 Å². The first-order chi connectivity index (χ1) is 43.9. The lowest BCUT2D eigenvalue weighted by atomic mass is 9.85. The fourth-order valence-electron chi connectivity index (χ4n) is 13.7. The molecule has 0 saturated carbocycles. The van der Waals surface area contributed by atoms with E-state index in [2.05, 4.69) is 308 Å². The molecule has 4 aromatic heterocycles. The van der Waals surface area contributed by atoms with Gasteiger partial charge in [-0.3, -0.25) is 0 Å². The maximum atomic E-state index is 5.19. The molecule has 4 heterocycles. The molecule has 0 spiro atoms. The van der Waals surface area contributed by atoms with Gasteiger partial charge in [-0.25, -0.2) is 15.0 Å². The van der Waals surface area contributed by atoms with Gasteiger partial charge in [0.2, 0.25) is 0 Å². The van der Waals surface area contributed by atoms with Crippen molar-refractivity contribution in [2.45, 2.75) is 157 Å². The summed E-state index contributed by atoms with van der Waals surface area (Å²) in [5.41, 5.74) is 22.4. The molecule has 0 saturated heterocycles. The van der Waals surface area contributed by atoms with Crippen molar-refractivity contribution in [3.63, 3.8) is 0 Å². The third-order valence-corrected chi connectivity index (χ3v) is 19.4. The lowest BCUT2D eigenvalue weighted by Gasteiger charge is -2.25. The number of benzene rings is 10. The van der Waals surface area contributed by atoms with E-state index in [1.54, 1.807) is 0 Å². The van der Waals surface area contributed by atoms with Crippen LogP contribution in [-0.2, 0) is 32.5 Å². The Hall–Kier alpha value is -9.39. The van der Waals surface area contributed by atoms with Crippen molar-refractivity contribution < 1.29 is 0 Å². The van der Waals surface area contributed by atoms with E-state index in [1.807, 2.05) is 36.4 Å². The Morgan fingerprint density at radius 1 is 0.215 bits per heavy atom. The Labute approximate surface area is 550 Å². The standard InChI is InChI=1S/C87H88N6/c1-82(2,3)58-33-39-70-64(47-58)65-48-59(83(4,5)6)34-40-71(65)91(70)76-45-57(53-29-31-56(32-30-53)81-89-79(54-25-21-19-22-26-54)88-80(90-81)55-27-23-20-24-28-55)46-77(92-72-41-35-60(84(7,8)9)49-66(72)67-50-61(85(10,11)12)36-42-73(67)92)78(76)93-74-43-37-62(86(13,14)15)51-68(74)69-52-63(87(16,17)18)38-44-75(69)93/h19-52H,1-18H3. The molecule has 6 heteroatoms. The predicted octanol–water partition coefficient (Wildman–Crippen LogP) is 23.6. The summed E-state index contributed by atoms with van der Waals surface area (Å²) in [6, 6.07) is 77.9. The summed E-state index contributed by atoms with van der Waals surface area (Å²) >= 11 is 0. The van der Waals surface area contributed by atoms with Crippen LogP contribution >= 0.6 is 0 Å². The maximum absolute atomic E-state index is 5.19. The number of aromatic nitrogens is 6. The topological polar surface area (TPSA) is 53.5 Å². The number of fused-ring (bicyclic) bond motifs is 9. The Morgan fingerprint density at radius 3 is 0.688 bits per heavy atom. The van der Waals surface area contributed by atoms with Gasteiger partial charge < -0.3 is 13.7 Å². The molecule has 14 aromatic rings. The molecule has 0 amide bonds. The summed E-state index contributed by atoms with van der Waals surface area (Å²) in [5, 5.41) is 7.43. The van der Waals surface area contributed by atoms with Gasteiger partial charge in [0.25, 0.3) is 0 Å². The summed E-state index contributed by atoms with van der Waals surface area (Å²) in [5.74, 6) is 1.88. The third-order valence-electron chi connectivity index (χ3n) is 19.4. The molecule has 14 rings (SSSR count). The molecule has 0 aliphatic rings. The average Bonchev–Trinajstić information content (AvgIpc) is 1.57. The van der Waals surface area contributed by atoms with Crippen molar-refractivity contribution in [3.05, 3.63) is 240 Å². The first-order valence-electron chi connectivity index (χ1n) is 33.3. The molecule has 0 bridgehead atoms. The molecule has 0 unspecified atom stereocenters. The highest BCUT2D eigenvalue weighted by Crippen LogP contribution is 2.48. The van der Waals surface area contributed by atoms with Crippen LogP contribution in [0.25, 0.3) is 128 Å². The van der Waals surface area contributed by atoms with Gasteiger partial charge in [0, 0.05) is 49.0 Å². The smallest absolute Gasteiger partial charge is 0.164 e. The van der Waals surface area contributed by atoms with Crippen LogP contribution in [0.2, 0.25) is 0 Å². The van der Waals surface area contributed by atoms with E-state index < -0.39 is 0 Å². The van der Waals surface area contributed by atoms with Gasteiger partial charge in [-0.05, 0) is 162 Å². The molecule has 0 N–H and O–H groups in total. The minimum atomic E-state index is -0.0861. The zero-order valence-corrected chi connectivity index (χ0v) is 57.8. The fraction of sp³-hybridized carbons (Fsp3) is 0.276. The van der Waals surface area contributed by atoms with Gasteiger partial charge in [0.05, 0.1) is 50.2 Å². The summed E-state index contributed by atoms with van der Waals surface area (Å²) in [4.78, 5) is 15.4. The second-order valence-corrected chi connectivity index (χ2v) is 32.4. The molecule has 0 fully saturated rings. The van der Waals surface area contributed by atoms with Crippen molar-refractivity contribution in [2.75, 3.05) is 0 Å². The van der Waals surface area contributed by atoms with Crippen LogP contribution in [0.3, 0.4) is 0 Å². The van der Waals surface area contributed by atoms with Crippen LogP contribution < -0.4 is 0 Å². The number of rotatable bonds is 7. The zero-order chi connectivity index (χ0) is 65.6.